The molecule has 0 amide bonds. The molecule has 0 aromatic carbocycles. The molecule has 1 aromatic rings. The van der Waals surface area contributed by atoms with Gasteiger partial charge in [0, 0.05) is 39.9 Å². The number of nitrogens with zero attached hydrogens (tertiary/aromatic N) is 2. The Labute approximate surface area is 176 Å². The van der Waals surface area contributed by atoms with E-state index in [4.69, 9.17) is 13.3 Å². The van der Waals surface area contributed by atoms with Crippen LogP contribution >= 0.6 is 0 Å². The van der Waals surface area contributed by atoms with E-state index in [0.717, 1.165) is 10.5 Å². The van der Waals surface area contributed by atoms with Crippen molar-refractivity contribution in [2.45, 2.75) is 30.5 Å². The van der Waals surface area contributed by atoms with Crippen molar-refractivity contribution in [3.8, 4) is 0 Å². The van der Waals surface area contributed by atoms with E-state index < -0.39 is 39.9 Å². The third-order valence-electron chi connectivity index (χ3n) is 3.48. The highest BCUT2D eigenvalue weighted by Crippen LogP contribution is 2.36. The summed E-state index contributed by atoms with van der Waals surface area (Å²) < 4.78 is 128. The predicted molar refractivity (Wildman–Crippen MR) is 96.1 cm³/mol. The van der Waals surface area contributed by atoms with Gasteiger partial charge in [0.1, 0.15) is 0 Å². The molecule has 0 saturated heterocycles. The molecule has 0 bridgehead atoms. The van der Waals surface area contributed by atoms with Crippen molar-refractivity contribution in [2.75, 3.05) is 21.3 Å². The molecule has 9 nitrogen and oxygen atoms in total. The summed E-state index contributed by atoms with van der Waals surface area (Å²) >= 11 is 0. The van der Waals surface area contributed by atoms with Crippen molar-refractivity contribution in [1.29, 1.82) is 0 Å². The zero-order valence-electron chi connectivity index (χ0n) is 16.6. The van der Waals surface area contributed by atoms with Gasteiger partial charge in [-0.05, 0) is 0 Å². The first-order valence-electron chi connectivity index (χ1n) is 7.91. The number of aromatic nitrogens is 1. The van der Waals surface area contributed by atoms with Gasteiger partial charge in [-0.2, -0.15) is 30.9 Å². The minimum absolute atomic E-state index is 0.639. The molecule has 31 heavy (non-hydrogen) atoms. The first kappa shape index (κ1) is 29.7. The number of hydrogen-bond acceptors (Lipinski definition) is 7. The van der Waals surface area contributed by atoms with E-state index in [1.165, 1.54) is 5.69 Å². The van der Waals surface area contributed by atoms with Gasteiger partial charge in [0.15, 0.2) is 31.9 Å². The van der Waals surface area contributed by atoms with Crippen LogP contribution in [-0.4, -0.2) is 58.0 Å². The lowest BCUT2D eigenvalue weighted by Crippen LogP contribution is -2.57. The lowest BCUT2D eigenvalue weighted by Gasteiger charge is -2.22. The second-order valence-corrected chi connectivity index (χ2v) is 11.7. The highest BCUT2D eigenvalue weighted by molar-refractivity contribution is 8.13. The lowest BCUT2D eigenvalue weighted by molar-refractivity contribution is -0.692. The van der Waals surface area contributed by atoms with Crippen LogP contribution in [0.2, 0.25) is 0 Å². The summed E-state index contributed by atoms with van der Waals surface area (Å²) in [5.74, 6) is 0. The van der Waals surface area contributed by atoms with Gasteiger partial charge in [0.25, 0.3) is 0 Å². The maximum Gasteiger partial charge on any atom is 0.569 e. The third-order valence-corrected chi connectivity index (χ3v) is 8.81. The van der Waals surface area contributed by atoms with E-state index in [-0.39, 0.29) is 0 Å². The first-order valence-corrected chi connectivity index (χ1v) is 12.7. The van der Waals surface area contributed by atoms with Crippen LogP contribution in [0, 0.1) is 0 Å². The molecule has 182 valence electrons. The predicted octanol–water partition coefficient (Wildman–Crippen LogP) is 2.01. The minimum atomic E-state index is -6.72. The monoisotopic (exact) mass is 522 g/mol. The Kier molecular flexibility index (Phi) is 10.5. The van der Waals surface area contributed by atoms with Crippen LogP contribution < -0.4 is 4.57 Å². The Balaban J connectivity index is 0.000000582. The van der Waals surface area contributed by atoms with Crippen LogP contribution in [0.1, 0.15) is 12.6 Å². The molecular formula is C13H20F6N2O7S2Si. The molecule has 1 aromatic heterocycles. The van der Waals surface area contributed by atoms with Gasteiger partial charge in [0.05, 0.1) is 0 Å². The highest BCUT2D eigenvalue weighted by Gasteiger charge is 2.47. The number of aryl methyl sites for hydroxylation is 1. The van der Waals surface area contributed by atoms with Gasteiger partial charge in [-0.25, -0.2) is 16.8 Å². The summed E-state index contributed by atoms with van der Waals surface area (Å²) in [6.45, 7) is 2.13. The fraction of sp³-hybridized carbons (Fsp3) is 0.615. The van der Waals surface area contributed by atoms with Crippen LogP contribution in [0.25, 0.3) is 4.13 Å². The van der Waals surface area contributed by atoms with Crippen molar-refractivity contribution < 1.29 is 61.0 Å². The Morgan fingerprint density at radius 1 is 0.903 bits per heavy atom. The molecule has 0 spiro atoms. The van der Waals surface area contributed by atoms with Crippen LogP contribution in [0.5, 0.6) is 0 Å². The topological polar surface area (TPSA) is 114 Å². The fourth-order valence-electron chi connectivity index (χ4n) is 1.85. The second-order valence-electron chi connectivity index (χ2n) is 5.38. The molecule has 0 aliphatic rings. The molecule has 0 aliphatic carbocycles. The quantitative estimate of drug-likeness (QED) is 0.292. The van der Waals surface area contributed by atoms with E-state index in [2.05, 4.69) is 17.6 Å². The van der Waals surface area contributed by atoms with E-state index in [9.17, 15) is 43.2 Å². The molecule has 1 rings (SSSR count). The van der Waals surface area contributed by atoms with Crippen molar-refractivity contribution in [1.82, 2.24) is 0 Å². The lowest BCUT2D eigenvalue weighted by atomic mass is 10.3. The molecule has 0 fully saturated rings. The van der Waals surface area contributed by atoms with Crippen LogP contribution in [0.3, 0.4) is 0 Å². The molecular weight excluding hydrogens is 502 g/mol. The average Bonchev–Trinajstić information content (AvgIpc) is 2.64. The van der Waals surface area contributed by atoms with Crippen molar-refractivity contribution in [2.24, 2.45) is 0 Å². The van der Waals surface area contributed by atoms with Crippen LogP contribution in [-0.2, 0) is 45.9 Å². The summed E-state index contributed by atoms with van der Waals surface area (Å²) in [7, 11) is -11.1. The Hall–Kier alpha value is -1.31. The maximum absolute atomic E-state index is 11.4. The highest BCUT2D eigenvalue weighted by atomic mass is 32.3. The summed E-state index contributed by atoms with van der Waals surface area (Å²) in [5.41, 5.74) is -11.2. The molecule has 18 heteroatoms. The Morgan fingerprint density at radius 3 is 1.65 bits per heavy atom. The summed E-state index contributed by atoms with van der Waals surface area (Å²) in [4.78, 5) is 0. The number of sulfonamides is 2. The van der Waals surface area contributed by atoms with Gasteiger partial charge in [0.2, 0.25) is 6.17 Å². The molecule has 0 aliphatic heterocycles. The molecule has 0 N–H and O–H groups in total. The third kappa shape index (κ3) is 8.28. The number of alkyl halides is 6. The van der Waals surface area contributed by atoms with E-state index in [1.54, 1.807) is 21.3 Å². The molecule has 0 atom stereocenters. The van der Waals surface area contributed by atoms with E-state index >= 15 is 0 Å². The van der Waals surface area contributed by atoms with Gasteiger partial charge in [-0.3, -0.25) is 0 Å². The number of rotatable bonds is 8. The average molecular weight is 523 g/mol. The standard InChI is InChI=1S/C11H20NO3Si.C2F6NO4S2/c1-5-11-8-6-7-9-12(11)10-16(13-2,14-3)15-4;3-1(4,5)14(10,11)9-15(12,13)2(6,7)8/h6-9H,5,10H2,1-4H3;/q+1;-1. The molecule has 0 saturated carbocycles. The largest absolute Gasteiger partial charge is 0.569 e. The molecule has 0 unspecified atom stereocenters. The second kappa shape index (κ2) is 11.0. The van der Waals surface area contributed by atoms with Crippen molar-refractivity contribution >= 4 is 28.9 Å². The van der Waals surface area contributed by atoms with Gasteiger partial charge in [-0.15, -0.1) is 0 Å². The van der Waals surface area contributed by atoms with Crippen molar-refractivity contribution in [3.05, 3.63) is 34.2 Å². The summed E-state index contributed by atoms with van der Waals surface area (Å²) in [6.07, 6.45) is 3.64. The van der Waals surface area contributed by atoms with Gasteiger partial charge >= 0.3 is 19.8 Å². The van der Waals surface area contributed by atoms with E-state index in [0.29, 0.717) is 6.17 Å². The summed E-state index contributed by atoms with van der Waals surface area (Å²) in [5, 5.41) is 0. The first-order chi connectivity index (χ1) is 13.9. The number of pyridine rings is 1. The van der Waals surface area contributed by atoms with E-state index in [1.807, 2.05) is 18.3 Å². The Morgan fingerprint density at radius 2 is 1.32 bits per heavy atom. The maximum atomic E-state index is 11.4. The molecule has 1 heterocycles. The van der Waals surface area contributed by atoms with Crippen LogP contribution in [0.15, 0.2) is 24.4 Å². The SMILES string of the molecule is CCc1cccc[n+]1C[Si](OC)(OC)OC.O=S(=O)([N-]S(=O)(=O)C(F)(F)F)C(F)(F)F. The normalized spacial score (nSPS) is 13.5. The molecule has 0 radical (unpaired) electrons. The Bertz CT molecular complexity index is 869. The number of hydrogen-bond donors (Lipinski definition) is 0. The zero-order valence-corrected chi connectivity index (χ0v) is 19.2. The fourth-order valence-corrected chi connectivity index (χ4v) is 5.18. The zero-order chi connectivity index (χ0) is 24.7. The summed E-state index contributed by atoms with van der Waals surface area (Å²) in [6, 6.07) is 6.13. The van der Waals surface area contributed by atoms with Crippen LogP contribution in [0.4, 0.5) is 26.3 Å². The van der Waals surface area contributed by atoms with Crippen molar-refractivity contribution in [3.63, 3.8) is 0 Å². The van der Waals surface area contributed by atoms with Gasteiger partial charge < -0.3 is 17.4 Å². The number of halogens is 6. The smallest absolute Gasteiger partial charge is 0.421 e. The van der Waals surface area contributed by atoms with Gasteiger partial charge in [-0.1, -0.05) is 13.0 Å². The minimum Gasteiger partial charge on any atom is -0.421 e.